The number of esters is 4. The van der Waals surface area contributed by atoms with Gasteiger partial charge in [-0.15, -0.1) is 0 Å². The number of rotatable bonds is 10. The first-order chi connectivity index (χ1) is 22.3. The molecule has 0 aliphatic rings. The lowest BCUT2D eigenvalue weighted by Crippen LogP contribution is -1.96. The fraction of sp³-hybridized carbons (Fsp3) is 0. The van der Waals surface area contributed by atoms with Gasteiger partial charge in [-0.1, -0.05) is 50.6 Å². The minimum atomic E-state index is -0.786. The van der Waals surface area contributed by atoms with Crippen molar-refractivity contribution in [1.29, 1.82) is 0 Å². The van der Waals surface area contributed by atoms with Crippen LogP contribution < -0.4 is 18.9 Å². The molecular weight excluding hydrogens is 600 g/mol. The van der Waals surface area contributed by atoms with E-state index in [-0.39, 0.29) is 23.0 Å². The molecule has 0 aromatic heterocycles. The van der Waals surface area contributed by atoms with Crippen molar-refractivity contribution in [2.45, 2.75) is 0 Å². The van der Waals surface area contributed by atoms with Crippen LogP contribution in [-0.2, 0) is 38.1 Å². The van der Waals surface area contributed by atoms with Crippen molar-refractivity contribution < 1.29 is 57.1 Å². The van der Waals surface area contributed by atoms with Crippen LogP contribution in [0, 0.1) is 48.9 Å². The summed E-state index contributed by atoms with van der Waals surface area (Å²) in [6.45, 7) is 13.0. The summed E-state index contributed by atoms with van der Waals surface area (Å²) in [7, 11) is 0. The molecule has 0 radical (unpaired) electrons. The molecule has 0 heterocycles. The molecule has 0 saturated carbocycles. The number of hydrogen-bond acceptors (Lipinski definition) is 12. The van der Waals surface area contributed by atoms with Crippen LogP contribution in [0.4, 0.5) is 0 Å². The summed E-state index contributed by atoms with van der Waals surface area (Å²) in [5, 5.41) is 0. The van der Waals surface area contributed by atoms with Gasteiger partial charge in [0.2, 0.25) is 0 Å². The third-order valence-corrected chi connectivity index (χ3v) is 4.49. The maximum Gasteiger partial charge on any atom is 0.344 e. The zero-order valence-electron chi connectivity index (χ0n) is 23.7. The van der Waals surface area contributed by atoms with E-state index in [4.69, 9.17) is 18.9 Å². The summed E-state index contributed by atoms with van der Waals surface area (Å²) in [4.78, 5) is 44.7. The van der Waals surface area contributed by atoms with Crippen LogP contribution in [0.2, 0.25) is 0 Å². The highest BCUT2D eigenvalue weighted by atomic mass is 16.6. The van der Waals surface area contributed by atoms with Gasteiger partial charge in [-0.2, -0.15) is 0 Å². The Kier molecular flexibility index (Phi) is 14.7. The van der Waals surface area contributed by atoms with Crippen LogP contribution in [0.15, 0.2) is 87.0 Å². The molecule has 2 aromatic carbocycles. The average molecular weight is 621 g/mol. The molecule has 0 atom stereocenters. The maximum atomic E-state index is 11.2. The van der Waals surface area contributed by atoms with Crippen LogP contribution in [0.3, 0.4) is 0 Å². The number of benzene rings is 2. The van der Waals surface area contributed by atoms with E-state index >= 15 is 0 Å². The van der Waals surface area contributed by atoms with Gasteiger partial charge in [0.25, 0.3) is 0 Å². The van der Waals surface area contributed by atoms with Gasteiger partial charge in [-0.3, -0.25) is 0 Å². The molecule has 0 bridgehead atoms. The van der Waals surface area contributed by atoms with Gasteiger partial charge in [-0.25, -0.2) is 19.2 Å². The first-order valence-electron chi connectivity index (χ1n) is 12.3. The van der Waals surface area contributed by atoms with E-state index in [1.165, 1.54) is 24.3 Å². The molecule has 0 aliphatic heterocycles. The molecule has 0 fully saturated rings. The molecule has 0 unspecified atom stereocenters. The third kappa shape index (κ3) is 13.0. The Morgan fingerprint density at radius 2 is 0.717 bits per heavy atom. The number of carbonyl (C=O) groups is 4. The summed E-state index contributed by atoms with van der Waals surface area (Å²) in [6, 6.07) is 9.27. The molecule has 0 spiro atoms. The predicted octanol–water partition coefficient (Wildman–Crippen LogP) is 3.96. The van der Waals surface area contributed by atoms with Gasteiger partial charge in [0, 0.05) is 24.3 Å². The highest BCUT2D eigenvalue weighted by molar-refractivity contribution is 5.83. The summed E-state index contributed by atoms with van der Waals surface area (Å²) < 4.78 is 39.4. The van der Waals surface area contributed by atoms with Crippen LogP contribution in [0.25, 0.3) is 12.2 Å². The van der Waals surface area contributed by atoms with Gasteiger partial charge in [0.05, 0.1) is 0 Å². The standard InChI is InChI=1S/C34H20O12/c1-5-31(35)43-19-15-39-27-13-11-25(23-29(27)41-17-21-45-33(37)7-3)9-10-26-12-14-28(40-16-20-44-32(36)6-2)30(24-26)42-18-22-46-34(38)8-4/h5-14,23-24H,1-4H2. The van der Waals surface area contributed by atoms with Gasteiger partial charge < -0.3 is 37.9 Å². The second kappa shape index (κ2) is 19.6. The Hall–Kier alpha value is -7.54. The minimum absolute atomic E-state index is 0.0569. The first kappa shape index (κ1) is 34.7. The van der Waals surface area contributed by atoms with Crippen molar-refractivity contribution in [3.05, 3.63) is 98.1 Å². The van der Waals surface area contributed by atoms with Crippen molar-refractivity contribution in [3.63, 3.8) is 0 Å². The van der Waals surface area contributed by atoms with E-state index in [1.54, 1.807) is 24.3 Å². The lowest BCUT2D eigenvalue weighted by atomic mass is 10.1. The monoisotopic (exact) mass is 620 g/mol. The van der Waals surface area contributed by atoms with Gasteiger partial charge >= 0.3 is 23.9 Å². The molecule has 0 aliphatic carbocycles. The van der Waals surface area contributed by atoms with Crippen LogP contribution in [0.1, 0.15) is 11.1 Å². The third-order valence-electron chi connectivity index (χ3n) is 4.49. The molecule has 228 valence electrons. The Balaban J connectivity index is 2.35. The minimum Gasteiger partial charge on any atom is -0.401 e. The zero-order chi connectivity index (χ0) is 33.6. The molecule has 2 aromatic rings. The Morgan fingerprint density at radius 3 is 1.00 bits per heavy atom. The maximum absolute atomic E-state index is 11.2. The normalized spacial score (nSPS) is 8.78. The molecule has 0 saturated heterocycles. The number of ether oxygens (including phenoxy) is 8. The quantitative estimate of drug-likeness (QED) is 0.125. The van der Waals surface area contributed by atoms with E-state index in [9.17, 15) is 19.2 Å². The summed E-state index contributed by atoms with van der Waals surface area (Å²) in [5.74, 6) is -2.85. The molecule has 46 heavy (non-hydrogen) atoms. The number of hydrogen-bond donors (Lipinski definition) is 0. The zero-order valence-corrected chi connectivity index (χ0v) is 23.7. The lowest BCUT2D eigenvalue weighted by molar-refractivity contribution is -0.132. The molecule has 2 rings (SSSR count). The van der Waals surface area contributed by atoms with E-state index < -0.39 is 23.9 Å². The van der Waals surface area contributed by atoms with Gasteiger partial charge in [0.1, 0.15) is 0 Å². The Morgan fingerprint density at radius 1 is 0.435 bits per heavy atom. The van der Waals surface area contributed by atoms with Crippen LogP contribution in [0.5, 0.6) is 23.0 Å². The fourth-order valence-corrected chi connectivity index (χ4v) is 2.53. The van der Waals surface area contributed by atoms with E-state index in [1.807, 2.05) is 12.2 Å². The summed E-state index contributed by atoms with van der Waals surface area (Å²) >= 11 is 0. The largest absolute Gasteiger partial charge is 0.401 e. The van der Waals surface area contributed by atoms with E-state index in [0.717, 1.165) is 24.3 Å². The Labute approximate surface area is 263 Å². The highest BCUT2D eigenvalue weighted by Gasteiger charge is 2.08. The second-order valence-electron chi connectivity index (χ2n) is 7.47. The van der Waals surface area contributed by atoms with Gasteiger partial charge in [-0.05, 0) is 35.4 Å². The van der Waals surface area contributed by atoms with E-state index in [0.29, 0.717) is 11.1 Å². The fourth-order valence-electron chi connectivity index (χ4n) is 2.53. The smallest absolute Gasteiger partial charge is 0.344 e. The molecule has 0 amide bonds. The predicted molar refractivity (Wildman–Crippen MR) is 161 cm³/mol. The van der Waals surface area contributed by atoms with Crippen LogP contribution >= 0.6 is 0 Å². The highest BCUT2D eigenvalue weighted by Crippen LogP contribution is 2.31. The molecule has 12 nitrogen and oxygen atoms in total. The molecule has 0 N–H and O–H groups in total. The summed E-state index contributed by atoms with van der Waals surface area (Å²) in [5.41, 5.74) is 1.15. The van der Waals surface area contributed by atoms with Crippen molar-refractivity contribution in [1.82, 2.24) is 0 Å². The SMILES string of the molecule is C=CC(=O)OC#COc1ccc(C=Cc2ccc(OC#COC(=O)C=C)c(OC#COC(=O)C=C)c2)cc1OC#COC(=O)C=C. The lowest BCUT2D eigenvalue weighted by Gasteiger charge is -2.06. The van der Waals surface area contributed by atoms with Crippen molar-refractivity contribution in [2.24, 2.45) is 0 Å². The van der Waals surface area contributed by atoms with Crippen LogP contribution in [-0.4, -0.2) is 23.9 Å². The molecular formula is C34H20O12. The second-order valence-corrected chi connectivity index (χ2v) is 7.47. The molecule has 12 heteroatoms. The van der Waals surface area contributed by atoms with Crippen molar-refractivity contribution >= 4 is 36.0 Å². The Bertz CT molecular complexity index is 1690. The topological polar surface area (TPSA) is 142 Å². The summed E-state index contributed by atoms with van der Waals surface area (Å²) in [6.07, 6.45) is 24.0. The van der Waals surface area contributed by atoms with Crippen molar-refractivity contribution in [3.8, 4) is 71.9 Å². The average Bonchev–Trinajstić information content (AvgIpc) is 3.08. The van der Waals surface area contributed by atoms with Crippen molar-refractivity contribution in [2.75, 3.05) is 0 Å². The van der Waals surface area contributed by atoms with Gasteiger partial charge in [0.15, 0.2) is 71.9 Å². The number of carbonyl (C=O) groups excluding carboxylic acids is 4. The van der Waals surface area contributed by atoms with E-state index in [2.05, 4.69) is 81.9 Å². The first-order valence-corrected chi connectivity index (χ1v) is 12.3.